The minimum absolute atomic E-state index is 0.245. The highest BCUT2D eigenvalue weighted by Gasteiger charge is 2.22. The van der Waals surface area contributed by atoms with Gasteiger partial charge in [0.25, 0.3) is 5.91 Å². The number of hydrogen-bond acceptors (Lipinski definition) is 7. The highest BCUT2D eigenvalue weighted by atomic mass is 16.6. The third kappa shape index (κ3) is 6.75. The zero-order valence-corrected chi connectivity index (χ0v) is 20.7. The zero-order chi connectivity index (χ0) is 25.4. The van der Waals surface area contributed by atoms with Crippen LogP contribution in [0.3, 0.4) is 0 Å². The van der Waals surface area contributed by atoms with Crippen molar-refractivity contribution >= 4 is 17.6 Å². The first kappa shape index (κ1) is 25.6. The van der Waals surface area contributed by atoms with Gasteiger partial charge in [-0.3, -0.25) is 9.48 Å². The van der Waals surface area contributed by atoms with Crippen LogP contribution in [0.15, 0.2) is 48.5 Å². The van der Waals surface area contributed by atoms with E-state index in [0.717, 1.165) is 11.4 Å². The molecule has 0 radical (unpaired) electrons. The van der Waals surface area contributed by atoms with Crippen LogP contribution in [0.4, 0.5) is 5.69 Å². The number of rotatable bonds is 11. The summed E-state index contributed by atoms with van der Waals surface area (Å²) in [5.74, 6) is 0.549. The second kappa shape index (κ2) is 11.9. The number of amides is 1. The van der Waals surface area contributed by atoms with Gasteiger partial charge in [-0.25, -0.2) is 4.79 Å². The minimum Gasteiger partial charge on any atom is -0.490 e. The van der Waals surface area contributed by atoms with Crippen LogP contribution >= 0.6 is 0 Å². The molecular weight excluding hydrogens is 450 g/mol. The van der Waals surface area contributed by atoms with E-state index in [0.29, 0.717) is 42.7 Å². The fraction of sp³-hybridized carbons (Fsp3) is 0.346. The summed E-state index contributed by atoms with van der Waals surface area (Å²) < 4.78 is 24.1. The smallest absolute Gasteiger partial charge is 0.339 e. The number of aromatic nitrogens is 2. The van der Waals surface area contributed by atoms with Gasteiger partial charge in [0.05, 0.1) is 29.2 Å². The van der Waals surface area contributed by atoms with Gasteiger partial charge in [0.2, 0.25) is 0 Å². The highest BCUT2D eigenvalue weighted by molar-refractivity contribution is 5.98. The van der Waals surface area contributed by atoms with Crippen molar-refractivity contribution in [3.8, 4) is 17.2 Å². The molecule has 0 saturated carbocycles. The molecule has 3 aromatic rings. The fourth-order valence-corrected chi connectivity index (χ4v) is 3.31. The number of carbonyl (C=O) groups excluding carboxylic acids is 2. The Morgan fingerprint density at radius 1 is 1.00 bits per heavy atom. The van der Waals surface area contributed by atoms with Gasteiger partial charge in [-0.1, -0.05) is 18.2 Å². The van der Waals surface area contributed by atoms with Crippen molar-refractivity contribution in [2.45, 2.75) is 33.8 Å². The summed E-state index contributed by atoms with van der Waals surface area (Å²) >= 11 is 0. The fourth-order valence-electron chi connectivity index (χ4n) is 3.31. The number of nitrogens with zero attached hydrogens (tertiary/aromatic N) is 2. The molecule has 1 aromatic heterocycles. The number of ether oxygens (including phenoxy) is 4. The lowest BCUT2D eigenvalue weighted by Gasteiger charge is -2.16. The van der Waals surface area contributed by atoms with Gasteiger partial charge in [-0.05, 0) is 58.0 Å². The Bertz CT molecular complexity index is 1160. The van der Waals surface area contributed by atoms with E-state index in [4.69, 9.17) is 18.9 Å². The summed E-state index contributed by atoms with van der Waals surface area (Å²) in [4.78, 5) is 25.3. The van der Waals surface area contributed by atoms with Crippen molar-refractivity contribution in [2.24, 2.45) is 7.05 Å². The van der Waals surface area contributed by atoms with Crippen molar-refractivity contribution in [2.75, 3.05) is 25.1 Å². The molecule has 0 spiro atoms. The van der Waals surface area contributed by atoms with E-state index in [1.54, 1.807) is 36.9 Å². The summed E-state index contributed by atoms with van der Waals surface area (Å²) in [6.45, 7) is 8.03. The lowest BCUT2D eigenvalue weighted by atomic mass is 10.2. The Hall–Kier alpha value is -4.01. The normalized spacial score (nSPS) is 11.5. The summed E-state index contributed by atoms with van der Waals surface area (Å²) in [7, 11) is 1.79. The second-order valence-corrected chi connectivity index (χ2v) is 7.81. The maximum Gasteiger partial charge on any atom is 0.339 e. The van der Waals surface area contributed by atoms with E-state index in [2.05, 4.69) is 10.4 Å². The van der Waals surface area contributed by atoms with Gasteiger partial charge in [0, 0.05) is 7.05 Å². The van der Waals surface area contributed by atoms with Gasteiger partial charge < -0.3 is 24.3 Å². The number of aryl methyl sites for hydroxylation is 2. The number of nitrogens with one attached hydrogen (secondary N) is 1. The molecular formula is C26H31N3O6. The van der Waals surface area contributed by atoms with E-state index < -0.39 is 18.0 Å². The van der Waals surface area contributed by atoms with E-state index in [9.17, 15) is 9.59 Å². The molecule has 9 nitrogen and oxygen atoms in total. The molecule has 0 aliphatic carbocycles. The molecule has 0 saturated heterocycles. The molecule has 1 atom stereocenters. The highest BCUT2D eigenvalue weighted by Crippen LogP contribution is 2.29. The zero-order valence-electron chi connectivity index (χ0n) is 20.7. The SMILES string of the molecule is CCOc1cc(C(=O)OC(C)C(=O)Nc2c(C)nn(C)c2C)ccc1OCCOc1ccccc1. The molecule has 1 heterocycles. The van der Waals surface area contributed by atoms with Crippen molar-refractivity contribution in [1.29, 1.82) is 0 Å². The first-order chi connectivity index (χ1) is 16.8. The first-order valence-electron chi connectivity index (χ1n) is 11.4. The maximum absolute atomic E-state index is 12.7. The Morgan fingerprint density at radius 2 is 1.71 bits per heavy atom. The number of benzene rings is 2. The average molecular weight is 482 g/mol. The van der Waals surface area contributed by atoms with Crippen LogP contribution in [-0.4, -0.2) is 47.6 Å². The standard InChI is InChI=1S/C26H31N3O6/c1-6-32-23-16-20(12-13-22(23)34-15-14-33-21-10-8-7-9-11-21)26(31)35-19(4)25(30)27-24-17(2)28-29(5)18(24)3/h7-13,16,19H,6,14-15H2,1-5H3,(H,27,30). The lowest BCUT2D eigenvalue weighted by molar-refractivity contribution is -0.123. The lowest BCUT2D eigenvalue weighted by Crippen LogP contribution is -2.30. The van der Waals surface area contributed by atoms with Crippen LogP contribution in [0.2, 0.25) is 0 Å². The van der Waals surface area contributed by atoms with Crippen LogP contribution in [-0.2, 0) is 16.6 Å². The van der Waals surface area contributed by atoms with Gasteiger partial charge in [0.1, 0.15) is 19.0 Å². The summed E-state index contributed by atoms with van der Waals surface area (Å²) in [5, 5.41) is 7.05. The van der Waals surface area contributed by atoms with Gasteiger partial charge in [-0.15, -0.1) is 0 Å². The molecule has 0 fully saturated rings. The number of carbonyl (C=O) groups is 2. The monoisotopic (exact) mass is 481 g/mol. The van der Waals surface area contributed by atoms with Crippen LogP contribution in [0, 0.1) is 13.8 Å². The number of hydrogen-bond donors (Lipinski definition) is 1. The number of esters is 1. The van der Waals surface area contributed by atoms with Crippen LogP contribution < -0.4 is 19.5 Å². The van der Waals surface area contributed by atoms with Gasteiger partial charge in [0.15, 0.2) is 17.6 Å². The Balaban J connectivity index is 1.59. The quantitative estimate of drug-likeness (QED) is 0.325. The molecule has 1 amide bonds. The third-order valence-electron chi connectivity index (χ3n) is 5.24. The predicted octanol–water partition coefficient (Wildman–Crippen LogP) is 4.08. The van der Waals surface area contributed by atoms with E-state index in [1.807, 2.05) is 44.2 Å². The molecule has 1 unspecified atom stereocenters. The number of anilines is 1. The van der Waals surface area contributed by atoms with E-state index in [1.165, 1.54) is 6.92 Å². The molecule has 0 aliphatic rings. The van der Waals surface area contributed by atoms with Crippen LogP contribution in [0.25, 0.3) is 0 Å². The molecule has 35 heavy (non-hydrogen) atoms. The number of para-hydroxylation sites is 1. The summed E-state index contributed by atoms with van der Waals surface area (Å²) in [5.41, 5.74) is 2.34. The van der Waals surface area contributed by atoms with Crippen LogP contribution in [0.1, 0.15) is 35.6 Å². The largest absolute Gasteiger partial charge is 0.490 e. The second-order valence-electron chi connectivity index (χ2n) is 7.81. The summed E-state index contributed by atoms with van der Waals surface area (Å²) in [6.07, 6.45) is -1.01. The maximum atomic E-state index is 12.7. The van der Waals surface area contributed by atoms with Crippen LogP contribution in [0.5, 0.6) is 17.2 Å². The van der Waals surface area contributed by atoms with Gasteiger partial charge >= 0.3 is 5.97 Å². The Morgan fingerprint density at radius 3 is 2.37 bits per heavy atom. The minimum atomic E-state index is -1.01. The summed E-state index contributed by atoms with van der Waals surface area (Å²) in [6, 6.07) is 14.2. The van der Waals surface area contributed by atoms with E-state index in [-0.39, 0.29) is 5.56 Å². The molecule has 1 N–H and O–H groups in total. The van der Waals surface area contributed by atoms with Crippen molar-refractivity contribution in [1.82, 2.24) is 9.78 Å². The van der Waals surface area contributed by atoms with E-state index >= 15 is 0 Å². The first-order valence-corrected chi connectivity index (χ1v) is 11.4. The molecule has 0 aliphatic heterocycles. The topological polar surface area (TPSA) is 101 Å². The Labute approximate surface area is 204 Å². The van der Waals surface area contributed by atoms with Crippen molar-refractivity contribution in [3.63, 3.8) is 0 Å². The molecule has 186 valence electrons. The van der Waals surface area contributed by atoms with Crippen molar-refractivity contribution < 1.29 is 28.5 Å². The molecule has 3 rings (SSSR count). The third-order valence-corrected chi connectivity index (χ3v) is 5.24. The molecule has 9 heteroatoms. The Kier molecular flexibility index (Phi) is 8.72. The van der Waals surface area contributed by atoms with Gasteiger partial charge in [-0.2, -0.15) is 5.10 Å². The molecule has 0 bridgehead atoms. The molecule has 2 aromatic carbocycles. The predicted molar refractivity (Wildman–Crippen MR) is 131 cm³/mol. The van der Waals surface area contributed by atoms with Crippen molar-refractivity contribution in [3.05, 3.63) is 65.5 Å². The average Bonchev–Trinajstić information content (AvgIpc) is 3.09.